The second kappa shape index (κ2) is 3.98. The van der Waals surface area contributed by atoms with Crippen LogP contribution in [-0.4, -0.2) is 42.5 Å². The molecule has 0 aromatic rings. The summed E-state index contributed by atoms with van der Waals surface area (Å²) in [7, 11) is 0. The smallest absolute Gasteiger partial charge is 0.251 e. The zero-order valence-corrected chi connectivity index (χ0v) is 9.47. The molecule has 0 aromatic heterocycles. The van der Waals surface area contributed by atoms with E-state index in [1.807, 2.05) is 18.7 Å². The molecule has 88 valence electrons. The molecule has 0 radical (unpaired) electrons. The summed E-state index contributed by atoms with van der Waals surface area (Å²) in [5, 5.41) is 3.49. The SMILES string of the molecule is CC1(C)CNC(C2CC2)CN1CC(F)F. The number of hydrogen-bond acceptors (Lipinski definition) is 2. The normalized spacial score (nSPS) is 32.2. The lowest BCUT2D eigenvalue weighted by Crippen LogP contribution is -2.63. The number of halogens is 2. The van der Waals surface area contributed by atoms with Crippen LogP contribution in [0.1, 0.15) is 26.7 Å². The van der Waals surface area contributed by atoms with Gasteiger partial charge in [0.15, 0.2) is 0 Å². The van der Waals surface area contributed by atoms with E-state index >= 15 is 0 Å². The Morgan fingerprint density at radius 1 is 1.40 bits per heavy atom. The summed E-state index contributed by atoms with van der Waals surface area (Å²) in [4.78, 5) is 1.94. The van der Waals surface area contributed by atoms with E-state index in [1.165, 1.54) is 12.8 Å². The summed E-state index contributed by atoms with van der Waals surface area (Å²) >= 11 is 0. The third-order valence-electron chi connectivity index (χ3n) is 3.62. The number of alkyl halides is 2. The summed E-state index contributed by atoms with van der Waals surface area (Å²) in [5.41, 5.74) is -0.137. The van der Waals surface area contributed by atoms with Crippen LogP contribution in [0.5, 0.6) is 0 Å². The van der Waals surface area contributed by atoms with Crippen molar-refractivity contribution in [3.05, 3.63) is 0 Å². The van der Waals surface area contributed by atoms with Crippen LogP contribution in [-0.2, 0) is 0 Å². The zero-order chi connectivity index (χ0) is 11.1. The summed E-state index contributed by atoms with van der Waals surface area (Å²) < 4.78 is 24.9. The van der Waals surface area contributed by atoms with E-state index in [4.69, 9.17) is 0 Å². The molecule has 0 spiro atoms. The minimum Gasteiger partial charge on any atom is -0.311 e. The molecule has 0 bridgehead atoms. The molecule has 4 heteroatoms. The molecule has 15 heavy (non-hydrogen) atoms. The number of nitrogens with zero attached hydrogens (tertiary/aromatic N) is 1. The van der Waals surface area contributed by atoms with E-state index < -0.39 is 6.43 Å². The van der Waals surface area contributed by atoms with Crippen LogP contribution in [0.15, 0.2) is 0 Å². The quantitative estimate of drug-likeness (QED) is 0.776. The van der Waals surface area contributed by atoms with Gasteiger partial charge >= 0.3 is 0 Å². The second-order valence-corrected chi connectivity index (χ2v) is 5.43. The lowest BCUT2D eigenvalue weighted by Gasteiger charge is -2.46. The first-order valence-corrected chi connectivity index (χ1v) is 5.75. The summed E-state index contributed by atoms with van der Waals surface area (Å²) in [6.07, 6.45) is 0.309. The van der Waals surface area contributed by atoms with E-state index in [9.17, 15) is 8.78 Å². The molecular formula is C11H20F2N2. The van der Waals surface area contributed by atoms with Crippen molar-refractivity contribution >= 4 is 0 Å². The lowest BCUT2D eigenvalue weighted by molar-refractivity contribution is 0.00423. The van der Waals surface area contributed by atoms with Crippen molar-refractivity contribution < 1.29 is 8.78 Å². The Morgan fingerprint density at radius 2 is 2.07 bits per heavy atom. The molecule has 1 unspecified atom stereocenters. The molecule has 2 fully saturated rings. The van der Waals surface area contributed by atoms with Crippen LogP contribution < -0.4 is 5.32 Å². The molecule has 0 aromatic carbocycles. The molecule has 1 saturated heterocycles. The molecule has 1 saturated carbocycles. The first-order valence-electron chi connectivity index (χ1n) is 5.75. The molecule has 2 nitrogen and oxygen atoms in total. The lowest BCUT2D eigenvalue weighted by atomic mass is 9.96. The predicted molar refractivity (Wildman–Crippen MR) is 56.2 cm³/mol. The molecular weight excluding hydrogens is 198 g/mol. The summed E-state index contributed by atoms with van der Waals surface area (Å²) in [6, 6.07) is 0.441. The monoisotopic (exact) mass is 218 g/mol. The van der Waals surface area contributed by atoms with Crippen molar-refractivity contribution in [2.45, 2.75) is 44.7 Å². The standard InChI is InChI=1S/C11H20F2N2/c1-11(2)7-14-9(8-3-4-8)5-15(11)6-10(12)13/h8-10,14H,3-7H2,1-2H3. The van der Waals surface area contributed by atoms with Crippen molar-refractivity contribution in [1.29, 1.82) is 0 Å². The molecule has 1 aliphatic heterocycles. The van der Waals surface area contributed by atoms with Gasteiger partial charge in [0, 0.05) is 24.7 Å². The number of hydrogen-bond donors (Lipinski definition) is 1. The van der Waals surface area contributed by atoms with Gasteiger partial charge in [-0.1, -0.05) is 0 Å². The highest BCUT2D eigenvalue weighted by atomic mass is 19.3. The number of rotatable bonds is 3. The Morgan fingerprint density at radius 3 is 2.60 bits per heavy atom. The van der Waals surface area contributed by atoms with Gasteiger partial charge < -0.3 is 5.32 Å². The third-order valence-corrected chi connectivity index (χ3v) is 3.62. The van der Waals surface area contributed by atoms with Crippen LogP contribution in [0.4, 0.5) is 8.78 Å². The molecule has 1 aliphatic carbocycles. The van der Waals surface area contributed by atoms with Crippen LogP contribution >= 0.6 is 0 Å². The van der Waals surface area contributed by atoms with Crippen molar-refractivity contribution in [2.75, 3.05) is 19.6 Å². The van der Waals surface area contributed by atoms with Crippen molar-refractivity contribution in [1.82, 2.24) is 10.2 Å². The van der Waals surface area contributed by atoms with Gasteiger partial charge in [0.25, 0.3) is 6.43 Å². The van der Waals surface area contributed by atoms with Gasteiger partial charge in [0.1, 0.15) is 0 Å². The maximum atomic E-state index is 12.4. The minimum atomic E-state index is -2.22. The van der Waals surface area contributed by atoms with E-state index in [-0.39, 0.29) is 12.1 Å². The van der Waals surface area contributed by atoms with Gasteiger partial charge in [-0.15, -0.1) is 0 Å². The van der Waals surface area contributed by atoms with Crippen LogP contribution in [0.2, 0.25) is 0 Å². The average molecular weight is 218 g/mol. The largest absolute Gasteiger partial charge is 0.311 e. The fraction of sp³-hybridized carbons (Fsp3) is 1.00. The van der Waals surface area contributed by atoms with Gasteiger partial charge in [-0.05, 0) is 32.6 Å². The summed E-state index contributed by atoms with van der Waals surface area (Å²) in [5.74, 6) is 0.737. The Labute approximate surface area is 90.0 Å². The minimum absolute atomic E-state index is 0.0854. The highest BCUT2D eigenvalue weighted by Gasteiger charge is 2.40. The van der Waals surface area contributed by atoms with E-state index in [0.29, 0.717) is 6.04 Å². The number of piperazine rings is 1. The van der Waals surface area contributed by atoms with Gasteiger partial charge in [0.05, 0.1) is 6.54 Å². The van der Waals surface area contributed by atoms with Crippen LogP contribution in [0.3, 0.4) is 0 Å². The first kappa shape index (κ1) is 11.3. The molecule has 1 atom stereocenters. The Kier molecular flexibility index (Phi) is 2.99. The van der Waals surface area contributed by atoms with Gasteiger partial charge in [-0.25, -0.2) is 8.78 Å². The molecule has 1 heterocycles. The molecule has 2 rings (SSSR count). The van der Waals surface area contributed by atoms with Gasteiger partial charge in [0.2, 0.25) is 0 Å². The van der Waals surface area contributed by atoms with Gasteiger partial charge in [-0.2, -0.15) is 0 Å². The fourth-order valence-electron chi connectivity index (χ4n) is 2.34. The molecule has 0 amide bonds. The second-order valence-electron chi connectivity index (χ2n) is 5.43. The molecule has 2 aliphatic rings. The average Bonchev–Trinajstić information content (AvgIpc) is 2.90. The zero-order valence-electron chi connectivity index (χ0n) is 9.47. The first-order chi connectivity index (χ1) is 6.99. The maximum absolute atomic E-state index is 12.4. The summed E-state index contributed by atoms with van der Waals surface area (Å²) in [6.45, 7) is 5.58. The third kappa shape index (κ3) is 2.67. The van der Waals surface area contributed by atoms with E-state index in [2.05, 4.69) is 5.32 Å². The molecule has 1 N–H and O–H groups in total. The van der Waals surface area contributed by atoms with Crippen molar-refractivity contribution in [3.8, 4) is 0 Å². The van der Waals surface area contributed by atoms with Crippen molar-refractivity contribution in [2.24, 2.45) is 5.92 Å². The Balaban J connectivity index is 1.95. The van der Waals surface area contributed by atoms with Gasteiger partial charge in [-0.3, -0.25) is 4.90 Å². The van der Waals surface area contributed by atoms with Crippen LogP contribution in [0, 0.1) is 5.92 Å². The Hall–Kier alpha value is -0.220. The van der Waals surface area contributed by atoms with E-state index in [1.54, 1.807) is 0 Å². The highest BCUT2D eigenvalue weighted by molar-refractivity contribution is 4.98. The maximum Gasteiger partial charge on any atom is 0.251 e. The highest BCUT2D eigenvalue weighted by Crippen LogP contribution is 2.35. The topological polar surface area (TPSA) is 15.3 Å². The number of nitrogens with one attached hydrogen (secondary N) is 1. The van der Waals surface area contributed by atoms with Crippen LogP contribution in [0.25, 0.3) is 0 Å². The Bertz CT molecular complexity index is 227. The van der Waals surface area contributed by atoms with Crippen molar-refractivity contribution in [3.63, 3.8) is 0 Å². The fourth-order valence-corrected chi connectivity index (χ4v) is 2.34. The van der Waals surface area contributed by atoms with E-state index in [0.717, 1.165) is 19.0 Å². The predicted octanol–water partition coefficient (Wildman–Crippen LogP) is 1.71.